The minimum absolute atomic E-state index is 0.153. The van der Waals surface area contributed by atoms with Crippen molar-refractivity contribution in [2.24, 2.45) is 0 Å². The lowest BCUT2D eigenvalue weighted by molar-refractivity contribution is 0.0948. The van der Waals surface area contributed by atoms with E-state index in [-0.39, 0.29) is 11.9 Å². The number of ether oxygens (including phenoxy) is 1. The van der Waals surface area contributed by atoms with Gasteiger partial charge in [0.05, 0.1) is 18.3 Å². The second-order valence-corrected chi connectivity index (χ2v) is 6.88. The van der Waals surface area contributed by atoms with Crippen LogP contribution in [0.25, 0.3) is 5.65 Å². The Bertz CT molecular complexity index is 1030. The second-order valence-electron chi connectivity index (χ2n) is 6.88. The number of aromatic nitrogens is 4. The summed E-state index contributed by atoms with van der Waals surface area (Å²) < 4.78 is 7.65. The van der Waals surface area contributed by atoms with E-state index in [1.165, 1.54) is 0 Å². The van der Waals surface area contributed by atoms with Crippen LogP contribution in [0.2, 0.25) is 0 Å². The average molecular weight is 364 g/mol. The summed E-state index contributed by atoms with van der Waals surface area (Å²) in [4.78, 5) is 24.1. The molecule has 1 N–H and O–H groups in total. The van der Waals surface area contributed by atoms with E-state index in [9.17, 15) is 4.79 Å². The number of rotatable bonds is 0. The van der Waals surface area contributed by atoms with Crippen molar-refractivity contribution in [3.05, 3.63) is 47.5 Å². The molecule has 27 heavy (non-hydrogen) atoms. The van der Waals surface area contributed by atoms with Crippen molar-refractivity contribution in [1.29, 1.82) is 0 Å². The van der Waals surface area contributed by atoms with Gasteiger partial charge in [0.15, 0.2) is 5.65 Å². The largest absolute Gasteiger partial charge is 0.491 e. The maximum Gasteiger partial charge on any atom is 0.257 e. The number of carbonyl (C=O) groups excluding carboxylic acids is 1. The molecule has 0 aromatic carbocycles. The first kappa shape index (κ1) is 16.0. The standard InChI is InChI=1S/C19H20N6O2/c1-12-17-18-22-16(5-9-25(18)23-12)24-8-2-3-14(24)13-11-20-6-4-15(13)27-10-7-21-19(17)26/h4-6,9,11,14H,2-3,7-8,10H2,1H3,(H,21,26)/t14-/m1/s1. The first-order valence-electron chi connectivity index (χ1n) is 9.20. The van der Waals surface area contributed by atoms with E-state index in [1.54, 1.807) is 10.7 Å². The molecular weight excluding hydrogens is 344 g/mol. The molecule has 5 heterocycles. The second kappa shape index (κ2) is 6.22. The van der Waals surface area contributed by atoms with Crippen LogP contribution >= 0.6 is 0 Å². The first-order chi connectivity index (χ1) is 13.2. The van der Waals surface area contributed by atoms with E-state index in [2.05, 4.69) is 20.3 Å². The lowest BCUT2D eigenvalue weighted by Gasteiger charge is -2.27. The number of hydrogen-bond donors (Lipinski definition) is 1. The van der Waals surface area contributed by atoms with Crippen LogP contribution in [0.5, 0.6) is 5.75 Å². The van der Waals surface area contributed by atoms with Gasteiger partial charge in [0.2, 0.25) is 0 Å². The summed E-state index contributed by atoms with van der Waals surface area (Å²) in [6.45, 7) is 3.53. The highest BCUT2D eigenvalue weighted by molar-refractivity contribution is 6.01. The fourth-order valence-electron chi connectivity index (χ4n) is 4.01. The van der Waals surface area contributed by atoms with Crippen LogP contribution in [-0.4, -0.2) is 45.2 Å². The molecule has 2 aliphatic rings. The number of anilines is 1. The lowest BCUT2D eigenvalue weighted by atomic mass is 10.1. The topological polar surface area (TPSA) is 84.7 Å². The molecule has 3 aromatic heterocycles. The third-order valence-corrected chi connectivity index (χ3v) is 5.23. The van der Waals surface area contributed by atoms with Gasteiger partial charge in [-0.2, -0.15) is 5.10 Å². The molecule has 2 aliphatic heterocycles. The molecule has 8 nitrogen and oxygen atoms in total. The minimum Gasteiger partial charge on any atom is -0.491 e. The summed E-state index contributed by atoms with van der Waals surface area (Å²) in [6.07, 6.45) is 7.57. The first-order valence-corrected chi connectivity index (χ1v) is 9.20. The van der Waals surface area contributed by atoms with Crippen molar-refractivity contribution in [2.45, 2.75) is 25.8 Å². The summed E-state index contributed by atoms with van der Waals surface area (Å²) in [7, 11) is 0. The monoisotopic (exact) mass is 364 g/mol. The highest BCUT2D eigenvalue weighted by Gasteiger charge is 2.31. The molecule has 0 radical (unpaired) electrons. The molecule has 138 valence electrons. The molecule has 1 amide bonds. The van der Waals surface area contributed by atoms with Crippen LogP contribution in [0.15, 0.2) is 30.7 Å². The Hall–Kier alpha value is -3.16. The molecule has 0 saturated carbocycles. The van der Waals surface area contributed by atoms with E-state index in [1.807, 2.05) is 31.5 Å². The maximum absolute atomic E-state index is 12.7. The summed E-state index contributed by atoms with van der Waals surface area (Å²) >= 11 is 0. The Labute approximate surface area is 156 Å². The smallest absolute Gasteiger partial charge is 0.257 e. The third-order valence-electron chi connectivity index (χ3n) is 5.23. The Balaban J connectivity index is 1.69. The van der Waals surface area contributed by atoms with E-state index >= 15 is 0 Å². The van der Waals surface area contributed by atoms with E-state index < -0.39 is 0 Å². The normalized spacial score (nSPS) is 19.5. The Kier molecular flexibility index (Phi) is 3.70. The van der Waals surface area contributed by atoms with Gasteiger partial charge in [-0.1, -0.05) is 0 Å². The van der Waals surface area contributed by atoms with Gasteiger partial charge >= 0.3 is 0 Å². The number of fused-ring (bicyclic) bond motifs is 5. The maximum atomic E-state index is 12.7. The van der Waals surface area contributed by atoms with Gasteiger partial charge in [0.1, 0.15) is 23.7 Å². The summed E-state index contributed by atoms with van der Waals surface area (Å²) in [5.41, 5.74) is 2.83. The fraction of sp³-hybridized carbons (Fsp3) is 0.368. The van der Waals surface area contributed by atoms with Gasteiger partial charge in [-0.25, -0.2) is 9.50 Å². The predicted octanol–water partition coefficient (Wildman–Crippen LogP) is 1.90. The van der Waals surface area contributed by atoms with Crippen molar-refractivity contribution in [1.82, 2.24) is 24.9 Å². The number of hydrogen-bond acceptors (Lipinski definition) is 6. The highest BCUT2D eigenvalue weighted by atomic mass is 16.5. The van der Waals surface area contributed by atoms with Crippen molar-refractivity contribution < 1.29 is 9.53 Å². The summed E-state index contributed by atoms with van der Waals surface area (Å²) in [6, 6.07) is 4.00. The fourth-order valence-corrected chi connectivity index (χ4v) is 4.01. The number of carbonyl (C=O) groups is 1. The van der Waals surface area contributed by atoms with Gasteiger partial charge in [0, 0.05) is 30.7 Å². The van der Waals surface area contributed by atoms with Gasteiger partial charge in [0.25, 0.3) is 5.91 Å². The van der Waals surface area contributed by atoms with E-state index in [0.29, 0.717) is 30.1 Å². The lowest BCUT2D eigenvalue weighted by Crippen LogP contribution is -2.28. The van der Waals surface area contributed by atoms with Crippen molar-refractivity contribution in [3.63, 3.8) is 0 Å². The van der Waals surface area contributed by atoms with Gasteiger partial charge in [-0.15, -0.1) is 0 Å². The number of aryl methyl sites for hydroxylation is 1. The van der Waals surface area contributed by atoms with Crippen LogP contribution in [0.4, 0.5) is 5.82 Å². The molecule has 5 rings (SSSR count). The number of pyridine rings is 1. The number of nitrogens with zero attached hydrogens (tertiary/aromatic N) is 5. The number of amides is 1. The van der Waals surface area contributed by atoms with Gasteiger partial charge < -0.3 is 15.0 Å². The predicted molar refractivity (Wildman–Crippen MR) is 99.1 cm³/mol. The molecule has 0 unspecified atom stereocenters. The zero-order valence-corrected chi connectivity index (χ0v) is 15.1. The van der Waals surface area contributed by atoms with Crippen LogP contribution in [0, 0.1) is 6.92 Å². The molecule has 8 heteroatoms. The van der Waals surface area contributed by atoms with Crippen molar-refractivity contribution in [2.75, 3.05) is 24.6 Å². The molecule has 3 aromatic rings. The molecule has 1 saturated heterocycles. The van der Waals surface area contributed by atoms with Crippen molar-refractivity contribution in [3.8, 4) is 5.75 Å². The zero-order chi connectivity index (χ0) is 18.4. The van der Waals surface area contributed by atoms with Crippen LogP contribution < -0.4 is 15.0 Å². The summed E-state index contributed by atoms with van der Waals surface area (Å²) in [5.74, 6) is 1.48. The van der Waals surface area contributed by atoms with Gasteiger partial charge in [-0.3, -0.25) is 9.78 Å². The highest BCUT2D eigenvalue weighted by Crippen LogP contribution is 2.39. The summed E-state index contributed by atoms with van der Waals surface area (Å²) in [5, 5.41) is 7.34. The molecule has 0 spiro atoms. The van der Waals surface area contributed by atoms with Crippen LogP contribution in [0.1, 0.15) is 40.5 Å². The molecule has 2 bridgehead atoms. The average Bonchev–Trinajstić information content (AvgIpc) is 3.28. The van der Waals surface area contributed by atoms with E-state index in [0.717, 1.165) is 36.5 Å². The van der Waals surface area contributed by atoms with Gasteiger partial charge in [-0.05, 0) is 31.9 Å². The molecule has 0 aliphatic carbocycles. The van der Waals surface area contributed by atoms with Crippen LogP contribution in [0.3, 0.4) is 0 Å². The van der Waals surface area contributed by atoms with E-state index in [4.69, 9.17) is 9.72 Å². The van der Waals surface area contributed by atoms with Crippen molar-refractivity contribution >= 4 is 17.4 Å². The molecule has 1 fully saturated rings. The number of nitrogens with one attached hydrogen (secondary N) is 1. The molecule has 1 atom stereocenters. The molecular formula is C19H20N6O2. The zero-order valence-electron chi connectivity index (χ0n) is 15.1. The SMILES string of the molecule is Cc1nn2ccc3nc2c1C(=O)NCCOc1ccncc1[C@H]1CCCN31. The third kappa shape index (κ3) is 2.59. The Morgan fingerprint density at radius 2 is 2.26 bits per heavy atom. The minimum atomic E-state index is -0.178. The van der Waals surface area contributed by atoms with Crippen LogP contribution in [-0.2, 0) is 0 Å². The quantitative estimate of drug-likeness (QED) is 0.656. The Morgan fingerprint density at radius 3 is 3.19 bits per heavy atom. The Morgan fingerprint density at radius 1 is 1.33 bits per heavy atom.